The van der Waals surface area contributed by atoms with Crippen LogP contribution in [0.4, 0.5) is 5.69 Å². The summed E-state index contributed by atoms with van der Waals surface area (Å²) >= 11 is 0. The van der Waals surface area contributed by atoms with Crippen molar-refractivity contribution in [3.63, 3.8) is 0 Å². The second-order valence-corrected chi connectivity index (χ2v) is 7.83. The monoisotopic (exact) mass is 446 g/mol. The minimum Gasteiger partial charge on any atom is -0.452 e. The molecule has 1 aromatic heterocycles. The fourth-order valence-electron chi connectivity index (χ4n) is 3.77. The number of benzene rings is 2. The van der Waals surface area contributed by atoms with Gasteiger partial charge in [0.05, 0.1) is 29.1 Å². The van der Waals surface area contributed by atoms with Crippen molar-refractivity contribution in [2.45, 2.75) is 40.7 Å². The van der Waals surface area contributed by atoms with Crippen molar-refractivity contribution in [2.24, 2.45) is 0 Å². The second kappa shape index (κ2) is 10.1. The van der Waals surface area contributed by atoms with Crippen LogP contribution in [0.1, 0.15) is 40.5 Å². The molecule has 0 bridgehead atoms. The molecular weight excluding hydrogens is 420 g/mol. The van der Waals surface area contributed by atoms with E-state index in [9.17, 15) is 14.4 Å². The molecule has 0 N–H and O–H groups in total. The first-order chi connectivity index (χ1) is 15.7. The van der Waals surface area contributed by atoms with E-state index in [0.29, 0.717) is 29.0 Å². The molecule has 0 atom stereocenters. The number of aromatic nitrogens is 2. The number of aryl methyl sites for hydroxylation is 4. The number of carbonyl (C=O) groups excluding carboxylic acids is 2. The van der Waals surface area contributed by atoms with Gasteiger partial charge in [0, 0.05) is 18.8 Å². The van der Waals surface area contributed by atoms with Crippen molar-refractivity contribution in [3.8, 4) is 6.07 Å². The van der Waals surface area contributed by atoms with Crippen LogP contribution >= 0.6 is 0 Å². The Morgan fingerprint density at radius 1 is 1.12 bits per heavy atom. The highest BCUT2D eigenvalue weighted by atomic mass is 16.5. The molecule has 0 fully saturated rings. The maximum Gasteiger partial charge on any atom is 0.338 e. The van der Waals surface area contributed by atoms with Crippen LogP contribution in [0.3, 0.4) is 0 Å². The van der Waals surface area contributed by atoms with Crippen molar-refractivity contribution < 1.29 is 14.3 Å². The Bertz CT molecular complexity index is 1300. The van der Waals surface area contributed by atoms with Crippen LogP contribution in [0.15, 0.2) is 41.2 Å². The fourth-order valence-corrected chi connectivity index (χ4v) is 3.77. The summed E-state index contributed by atoms with van der Waals surface area (Å²) in [5.74, 6) is -1.09. The fraction of sp³-hybridized carbons (Fsp3) is 0.320. The predicted molar refractivity (Wildman–Crippen MR) is 125 cm³/mol. The van der Waals surface area contributed by atoms with Crippen LogP contribution < -0.4 is 10.5 Å². The van der Waals surface area contributed by atoms with E-state index in [1.165, 1.54) is 4.90 Å². The summed E-state index contributed by atoms with van der Waals surface area (Å²) in [6.45, 7) is 7.56. The third-order valence-electron chi connectivity index (χ3n) is 5.25. The van der Waals surface area contributed by atoms with Crippen LogP contribution in [0.25, 0.3) is 11.0 Å². The van der Waals surface area contributed by atoms with Crippen molar-refractivity contribution in [1.82, 2.24) is 9.55 Å². The molecule has 1 amide bonds. The van der Waals surface area contributed by atoms with Gasteiger partial charge in [-0.05, 0) is 69.2 Å². The van der Waals surface area contributed by atoms with Gasteiger partial charge in [-0.3, -0.25) is 9.59 Å². The van der Waals surface area contributed by atoms with E-state index < -0.39 is 18.5 Å². The van der Waals surface area contributed by atoms with Gasteiger partial charge in [-0.1, -0.05) is 6.07 Å². The van der Waals surface area contributed by atoms with E-state index in [1.807, 2.05) is 45.0 Å². The SMILES string of the molecule is CCn1c(=O)c(C)nc2cc(C(=O)OCC(=O)N(CCC#N)c3cc(C)cc(C)c3)ccc21. The smallest absolute Gasteiger partial charge is 0.338 e. The average molecular weight is 447 g/mol. The van der Waals surface area contributed by atoms with Crippen LogP contribution in [-0.4, -0.2) is 34.6 Å². The number of hydrogen-bond donors (Lipinski definition) is 0. The lowest BCUT2D eigenvalue weighted by atomic mass is 10.1. The molecule has 0 saturated heterocycles. The Hall–Kier alpha value is -3.99. The molecular formula is C25H26N4O4. The molecule has 1 heterocycles. The Morgan fingerprint density at radius 3 is 2.45 bits per heavy atom. The maximum atomic E-state index is 12.9. The van der Waals surface area contributed by atoms with E-state index in [-0.39, 0.29) is 24.1 Å². The molecule has 8 heteroatoms. The number of carbonyl (C=O) groups is 2. The molecule has 0 aliphatic rings. The lowest BCUT2D eigenvalue weighted by Crippen LogP contribution is -2.35. The van der Waals surface area contributed by atoms with Gasteiger partial charge in [0.25, 0.3) is 11.5 Å². The predicted octanol–water partition coefficient (Wildman–Crippen LogP) is 3.45. The molecule has 8 nitrogen and oxygen atoms in total. The van der Waals surface area contributed by atoms with Crippen molar-refractivity contribution in [3.05, 3.63) is 69.1 Å². The van der Waals surface area contributed by atoms with Crippen molar-refractivity contribution >= 4 is 28.6 Å². The number of amides is 1. The average Bonchev–Trinajstić information content (AvgIpc) is 2.77. The molecule has 0 spiro atoms. The zero-order valence-electron chi connectivity index (χ0n) is 19.2. The number of nitriles is 1. The standard InChI is InChI=1S/C25H26N4O4/c1-5-28-22-8-7-19(14-21(22)27-18(4)24(28)31)25(32)33-15-23(30)29(10-6-9-26)20-12-16(2)11-17(3)13-20/h7-8,11-14H,5-6,10,15H2,1-4H3. The van der Waals surface area contributed by atoms with Gasteiger partial charge >= 0.3 is 5.97 Å². The van der Waals surface area contributed by atoms with Gasteiger partial charge in [-0.15, -0.1) is 0 Å². The highest BCUT2D eigenvalue weighted by molar-refractivity contribution is 5.98. The highest BCUT2D eigenvalue weighted by Gasteiger charge is 2.19. The molecule has 3 rings (SSSR count). The summed E-state index contributed by atoms with van der Waals surface area (Å²) in [4.78, 5) is 43.5. The van der Waals surface area contributed by atoms with E-state index in [0.717, 1.165) is 11.1 Å². The first-order valence-electron chi connectivity index (χ1n) is 10.7. The lowest BCUT2D eigenvalue weighted by molar-refractivity contribution is -0.121. The Balaban J connectivity index is 1.80. The minimum absolute atomic E-state index is 0.154. The van der Waals surface area contributed by atoms with Gasteiger partial charge < -0.3 is 14.2 Å². The summed E-state index contributed by atoms with van der Waals surface area (Å²) in [7, 11) is 0. The normalized spacial score (nSPS) is 10.6. The maximum absolute atomic E-state index is 12.9. The third kappa shape index (κ3) is 5.26. The van der Waals surface area contributed by atoms with Gasteiger partial charge in [0.2, 0.25) is 0 Å². The molecule has 0 aliphatic heterocycles. The van der Waals surface area contributed by atoms with E-state index in [1.54, 1.807) is 29.7 Å². The van der Waals surface area contributed by atoms with E-state index >= 15 is 0 Å². The number of ether oxygens (including phenoxy) is 1. The van der Waals surface area contributed by atoms with Gasteiger partial charge in [-0.2, -0.15) is 5.26 Å². The summed E-state index contributed by atoms with van der Waals surface area (Å²) < 4.78 is 6.87. The molecule has 170 valence electrons. The quantitative estimate of drug-likeness (QED) is 0.515. The third-order valence-corrected chi connectivity index (χ3v) is 5.25. The lowest BCUT2D eigenvalue weighted by Gasteiger charge is -2.22. The van der Waals surface area contributed by atoms with Gasteiger partial charge in [0.15, 0.2) is 6.61 Å². The molecule has 3 aromatic rings. The van der Waals surface area contributed by atoms with Crippen LogP contribution in [-0.2, 0) is 16.1 Å². The van der Waals surface area contributed by atoms with E-state index in [4.69, 9.17) is 10.00 Å². The van der Waals surface area contributed by atoms with Crippen LogP contribution in [0, 0.1) is 32.1 Å². The minimum atomic E-state index is -0.667. The zero-order valence-corrected chi connectivity index (χ0v) is 19.2. The van der Waals surface area contributed by atoms with Crippen molar-refractivity contribution in [2.75, 3.05) is 18.1 Å². The first-order valence-corrected chi connectivity index (χ1v) is 10.7. The number of rotatable bonds is 7. The highest BCUT2D eigenvalue weighted by Crippen LogP contribution is 2.20. The molecule has 2 aromatic carbocycles. The molecule has 0 aliphatic carbocycles. The van der Waals surface area contributed by atoms with Crippen LogP contribution in [0.2, 0.25) is 0 Å². The Morgan fingerprint density at radius 2 is 1.82 bits per heavy atom. The number of anilines is 1. The second-order valence-electron chi connectivity index (χ2n) is 7.83. The number of hydrogen-bond acceptors (Lipinski definition) is 6. The molecule has 0 saturated carbocycles. The molecule has 33 heavy (non-hydrogen) atoms. The molecule has 0 unspecified atom stereocenters. The summed E-state index contributed by atoms with van der Waals surface area (Å²) in [5.41, 5.74) is 4.16. The van der Waals surface area contributed by atoms with Gasteiger partial charge in [-0.25, -0.2) is 9.78 Å². The number of esters is 1. The molecule has 0 radical (unpaired) electrons. The largest absolute Gasteiger partial charge is 0.452 e. The Labute approximate surface area is 192 Å². The van der Waals surface area contributed by atoms with Gasteiger partial charge in [0.1, 0.15) is 5.69 Å². The number of nitrogens with zero attached hydrogens (tertiary/aromatic N) is 4. The number of fused-ring (bicyclic) bond motifs is 1. The summed E-state index contributed by atoms with van der Waals surface area (Å²) in [6.07, 6.45) is 0.154. The summed E-state index contributed by atoms with van der Waals surface area (Å²) in [5, 5.41) is 8.98. The summed E-state index contributed by atoms with van der Waals surface area (Å²) in [6, 6.07) is 12.5. The van der Waals surface area contributed by atoms with Crippen LogP contribution in [0.5, 0.6) is 0 Å². The van der Waals surface area contributed by atoms with E-state index in [2.05, 4.69) is 4.98 Å². The Kier molecular flexibility index (Phi) is 7.23. The topological polar surface area (TPSA) is 105 Å². The van der Waals surface area contributed by atoms with Crippen molar-refractivity contribution in [1.29, 1.82) is 5.26 Å². The first kappa shape index (κ1) is 23.7. The zero-order chi connectivity index (χ0) is 24.1.